The van der Waals surface area contributed by atoms with Crippen LogP contribution in [0.15, 0.2) is 224 Å². The van der Waals surface area contributed by atoms with Crippen molar-refractivity contribution in [2.24, 2.45) is 0 Å². The maximum atomic E-state index is 6.30. The van der Waals surface area contributed by atoms with Crippen molar-refractivity contribution in [3.63, 3.8) is 0 Å². The lowest BCUT2D eigenvalue weighted by atomic mass is 10.0. The molecule has 8 aromatic carbocycles. The minimum atomic E-state index is 0.509. The van der Waals surface area contributed by atoms with Crippen molar-refractivity contribution in [3.8, 4) is 28.0 Å². The van der Waals surface area contributed by atoms with Gasteiger partial charge in [0.2, 0.25) is 0 Å². The monoisotopic (exact) mass is 724 g/mol. The van der Waals surface area contributed by atoms with E-state index in [9.17, 15) is 0 Å². The average molecular weight is 725 g/mol. The van der Waals surface area contributed by atoms with Crippen LogP contribution < -0.4 is 14.5 Å². The Morgan fingerprint density at radius 3 is 1.68 bits per heavy atom. The van der Waals surface area contributed by atoms with Gasteiger partial charge in [0.1, 0.15) is 12.4 Å². The minimum Gasteiger partial charge on any atom is -0.489 e. The summed E-state index contributed by atoms with van der Waals surface area (Å²) in [4.78, 5) is 4.60. The van der Waals surface area contributed by atoms with E-state index >= 15 is 0 Å². The van der Waals surface area contributed by atoms with E-state index in [2.05, 4.69) is 242 Å². The van der Waals surface area contributed by atoms with Gasteiger partial charge in [-0.3, -0.25) is 0 Å². The molecule has 0 saturated carbocycles. The van der Waals surface area contributed by atoms with E-state index in [1.807, 2.05) is 0 Å². The molecule has 0 aliphatic carbocycles. The number of rotatable bonds is 12. The molecule has 0 aliphatic rings. The van der Waals surface area contributed by atoms with Crippen LogP contribution >= 0.6 is 0 Å². The molecule has 0 atom stereocenters. The molecule has 0 N–H and O–H groups in total. The van der Waals surface area contributed by atoms with E-state index in [1.54, 1.807) is 0 Å². The van der Waals surface area contributed by atoms with Gasteiger partial charge in [-0.1, -0.05) is 140 Å². The Morgan fingerprint density at radius 2 is 0.982 bits per heavy atom. The summed E-state index contributed by atoms with van der Waals surface area (Å²) in [5.74, 6) is 0.835. The fraction of sp³-hybridized carbons (Fsp3) is 0.0566. The first-order valence-corrected chi connectivity index (χ1v) is 19.2. The molecular weight excluding hydrogens is 681 g/mol. The Kier molecular flexibility index (Phi) is 10.9. The van der Waals surface area contributed by atoms with Crippen molar-refractivity contribution in [3.05, 3.63) is 230 Å². The van der Waals surface area contributed by atoms with Gasteiger partial charge < -0.3 is 14.5 Å². The summed E-state index contributed by atoms with van der Waals surface area (Å²) in [6, 6.07) is 70.7. The predicted octanol–water partition coefficient (Wildman–Crippen LogP) is 14.8. The van der Waals surface area contributed by atoms with Gasteiger partial charge in [0, 0.05) is 34.1 Å². The molecule has 0 spiro atoms. The molecule has 0 saturated heterocycles. The van der Waals surface area contributed by atoms with Gasteiger partial charge in [-0.2, -0.15) is 0 Å². The molecule has 0 radical (unpaired) electrons. The summed E-state index contributed by atoms with van der Waals surface area (Å²) in [6.07, 6.45) is 6.41. The first-order chi connectivity index (χ1) is 27.7. The van der Waals surface area contributed by atoms with E-state index in [4.69, 9.17) is 4.74 Å². The first kappa shape index (κ1) is 35.9. The number of nitrogens with zero attached hydrogens (tertiary/aromatic N) is 2. The zero-order chi connectivity index (χ0) is 38.1. The predicted molar refractivity (Wildman–Crippen MR) is 237 cm³/mol. The third-order valence-electron chi connectivity index (χ3n) is 10.1. The molecule has 0 amide bonds. The van der Waals surface area contributed by atoms with Gasteiger partial charge in [-0.15, -0.1) is 0 Å². The van der Waals surface area contributed by atoms with E-state index in [0.29, 0.717) is 6.61 Å². The highest BCUT2D eigenvalue weighted by molar-refractivity contribution is 5.86. The normalized spacial score (nSPS) is 11.5. The zero-order valence-corrected chi connectivity index (χ0v) is 31.8. The van der Waals surface area contributed by atoms with Crippen LogP contribution in [0, 0.1) is 0 Å². The highest BCUT2D eigenvalue weighted by Gasteiger charge is 2.16. The van der Waals surface area contributed by atoms with Gasteiger partial charge in [0.05, 0.1) is 0 Å². The van der Waals surface area contributed by atoms with Crippen LogP contribution in [0.2, 0.25) is 0 Å². The summed E-state index contributed by atoms with van der Waals surface area (Å²) in [5, 5.41) is 2.44. The molecule has 0 fully saturated rings. The van der Waals surface area contributed by atoms with E-state index in [1.165, 1.54) is 27.5 Å². The number of benzene rings is 8. The first-order valence-electron chi connectivity index (χ1n) is 19.2. The number of hydrogen-bond acceptors (Lipinski definition) is 3. The van der Waals surface area contributed by atoms with Gasteiger partial charge in [-0.25, -0.2) is 0 Å². The second-order valence-corrected chi connectivity index (χ2v) is 13.7. The van der Waals surface area contributed by atoms with E-state index < -0.39 is 0 Å². The summed E-state index contributed by atoms with van der Waals surface area (Å²) in [6.45, 7) is 4.66. The quantitative estimate of drug-likeness (QED) is 0.117. The SMILES string of the molecule is C/C=C\C(=C/C)N(c1ccc(-c2ccccc2)cc1)c1cccc(-c2ccc(N(c3ccccc3)c3ccc(OCc4cccc5ccccc45)cc3)cc2)c1. The number of anilines is 5. The van der Waals surface area contributed by atoms with Crippen LogP contribution in [0.5, 0.6) is 5.75 Å². The number of allylic oxidation sites excluding steroid dienone is 3. The van der Waals surface area contributed by atoms with Crippen molar-refractivity contribution >= 4 is 39.2 Å². The van der Waals surface area contributed by atoms with Gasteiger partial charge in [0.15, 0.2) is 0 Å². The van der Waals surface area contributed by atoms with Crippen LogP contribution in [0.4, 0.5) is 28.4 Å². The highest BCUT2D eigenvalue weighted by Crippen LogP contribution is 2.38. The fourth-order valence-corrected chi connectivity index (χ4v) is 7.27. The van der Waals surface area contributed by atoms with Crippen molar-refractivity contribution in [1.82, 2.24) is 0 Å². The molecular formula is C53H44N2O. The Bertz CT molecular complexity index is 2570. The van der Waals surface area contributed by atoms with Crippen molar-refractivity contribution in [2.45, 2.75) is 20.5 Å². The van der Waals surface area contributed by atoms with E-state index in [0.717, 1.165) is 51.0 Å². The van der Waals surface area contributed by atoms with Crippen molar-refractivity contribution < 1.29 is 4.74 Å². The Hall–Kier alpha value is -7.10. The smallest absolute Gasteiger partial charge is 0.119 e. The van der Waals surface area contributed by atoms with Gasteiger partial charge in [-0.05, 0) is 131 Å². The lowest BCUT2D eigenvalue weighted by Crippen LogP contribution is -2.15. The maximum absolute atomic E-state index is 6.30. The topological polar surface area (TPSA) is 15.7 Å². The molecule has 272 valence electrons. The van der Waals surface area contributed by atoms with Crippen LogP contribution in [0.1, 0.15) is 19.4 Å². The number of fused-ring (bicyclic) bond motifs is 1. The summed E-state index contributed by atoms with van der Waals surface area (Å²) in [7, 11) is 0. The molecule has 0 aliphatic heterocycles. The van der Waals surface area contributed by atoms with Crippen LogP contribution in [-0.2, 0) is 6.61 Å². The second-order valence-electron chi connectivity index (χ2n) is 13.7. The molecule has 8 aromatic rings. The summed E-state index contributed by atoms with van der Waals surface area (Å²) >= 11 is 0. The molecule has 3 heteroatoms. The second kappa shape index (κ2) is 16.9. The number of hydrogen-bond donors (Lipinski definition) is 0. The molecule has 8 rings (SSSR count). The number of para-hydroxylation sites is 1. The molecule has 0 unspecified atom stereocenters. The van der Waals surface area contributed by atoms with E-state index in [-0.39, 0.29) is 0 Å². The molecule has 3 nitrogen and oxygen atoms in total. The van der Waals surface area contributed by atoms with Crippen molar-refractivity contribution in [1.29, 1.82) is 0 Å². The Morgan fingerprint density at radius 1 is 0.464 bits per heavy atom. The molecule has 56 heavy (non-hydrogen) atoms. The highest BCUT2D eigenvalue weighted by atomic mass is 16.5. The third-order valence-corrected chi connectivity index (χ3v) is 10.1. The fourth-order valence-electron chi connectivity index (χ4n) is 7.27. The van der Waals surface area contributed by atoms with Crippen molar-refractivity contribution in [2.75, 3.05) is 9.80 Å². The van der Waals surface area contributed by atoms with Crippen LogP contribution in [0.25, 0.3) is 33.0 Å². The Balaban J connectivity index is 1.06. The largest absolute Gasteiger partial charge is 0.489 e. The van der Waals surface area contributed by atoms with Gasteiger partial charge >= 0.3 is 0 Å². The van der Waals surface area contributed by atoms with Crippen LogP contribution in [-0.4, -0.2) is 0 Å². The lowest BCUT2D eigenvalue weighted by molar-refractivity contribution is 0.308. The van der Waals surface area contributed by atoms with Crippen LogP contribution in [0.3, 0.4) is 0 Å². The summed E-state index contributed by atoms with van der Waals surface area (Å²) < 4.78 is 6.30. The average Bonchev–Trinajstić information content (AvgIpc) is 3.27. The lowest BCUT2D eigenvalue weighted by Gasteiger charge is -2.27. The maximum Gasteiger partial charge on any atom is 0.119 e. The summed E-state index contributed by atoms with van der Waals surface area (Å²) in [5.41, 5.74) is 12.4. The van der Waals surface area contributed by atoms with Gasteiger partial charge in [0.25, 0.3) is 0 Å². The Labute approximate surface area is 330 Å². The minimum absolute atomic E-state index is 0.509. The molecule has 0 aromatic heterocycles. The molecule has 0 heterocycles. The standard InChI is InChI=1S/C53H44N2O/c1-3-15-46(4-2)54(48-30-26-41(27-31-48)40-16-7-5-8-17-40)51-24-14-20-44(38-51)42-28-32-49(33-29-42)55(47-22-9-6-10-23-47)50-34-36-52(37-35-50)56-39-45-21-13-19-43-18-11-12-25-53(43)45/h3-38H,39H2,1-2H3/b15-3-,46-4+. The third kappa shape index (κ3) is 7.89. The zero-order valence-electron chi connectivity index (χ0n) is 31.8. The number of ether oxygens (including phenoxy) is 1. The molecule has 0 bridgehead atoms.